The van der Waals surface area contributed by atoms with Gasteiger partial charge in [-0.3, -0.25) is 0 Å². The number of aliphatic hydroxyl groups is 1. The monoisotopic (exact) mass is 602 g/mol. The van der Waals surface area contributed by atoms with Crippen LogP contribution in [0, 0.1) is 0 Å². The van der Waals surface area contributed by atoms with Crippen LogP contribution in [0.4, 0.5) is 0 Å². The summed E-state index contributed by atoms with van der Waals surface area (Å²) >= 11 is 3.33. The fraction of sp³-hybridized carbons (Fsp3) is 0.500. The number of piperidine rings is 1. The highest BCUT2D eigenvalue weighted by Gasteiger charge is 2.44. The first kappa shape index (κ1) is 27.5. The largest absolute Gasteiger partial charge is 0.491 e. The van der Waals surface area contributed by atoms with Crippen molar-refractivity contribution in [3.8, 4) is 5.75 Å². The maximum absolute atomic E-state index is 13.0. The van der Waals surface area contributed by atoms with Crippen molar-refractivity contribution in [2.24, 2.45) is 0 Å². The fourth-order valence-electron chi connectivity index (χ4n) is 4.58. The highest BCUT2D eigenvalue weighted by molar-refractivity contribution is 9.10. The number of sulfonamides is 1. The van der Waals surface area contributed by atoms with Crippen LogP contribution in [0.3, 0.4) is 0 Å². The molecule has 2 aliphatic rings. The van der Waals surface area contributed by atoms with Gasteiger partial charge in [0.05, 0.1) is 22.0 Å². The predicted molar refractivity (Wildman–Crippen MR) is 138 cm³/mol. The van der Waals surface area contributed by atoms with Gasteiger partial charge in [0.15, 0.2) is 9.84 Å². The molecule has 1 spiro atoms. The number of hydrogen-bond acceptors (Lipinski definition) is 8. The second kappa shape index (κ2) is 11.1. The van der Waals surface area contributed by atoms with Crippen molar-refractivity contribution in [2.45, 2.75) is 46.8 Å². The van der Waals surface area contributed by atoms with Crippen molar-refractivity contribution in [1.82, 2.24) is 9.62 Å². The van der Waals surface area contributed by atoms with Gasteiger partial charge in [-0.05, 0) is 55.7 Å². The molecule has 198 valence electrons. The molecule has 36 heavy (non-hydrogen) atoms. The summed E-state index contributed by atoms with van der Waals surface area (Å²) in [5, 5.41) is 13.6. The molecular formula is C24H31BrN2O7S2. The Kier molecular flexibility index (Phi) is 8.45. The van der Waals surface area contributed by atoms with E-state index >= 15 is 0 Å². The van der Waals surface area contributed by atoms with Crippen LogP contribution in [0.25, 0.3) is 0 Å². The van der Waals surface area contributed by atoms with E-state index in [2.05, 4.69) is 21.2 Å². The van der Waals surface area contributed by atoms with Crippen LogP contribution < -0.4 is 10.1 Å². The van der Waals surface area contributed by atoms with Gasteiger partial charge in [0, 0.05) is 36.4 Å². The number of benzene rings is 2. The molecule has 2 aromatic rings. The van der Waals surface area contributed by atoms with E-state index in [1.54, 1.807) is 36.4 Å². The van der Waals surface area contributed by atoms with Gasteiger partial charge in [-0.15, -0.1) is 0 Å². The summed E-state index contributed by atoms with van der Waals surface area (Å²) in [6.07, 6.45) is 2.30. The van der Waals surface area contributed by atoms with E-state index in [4.69, 9.17) is 9.47 Å². The third kappa shape index (κ3) is 6.66. The molecule has 0 amide bonds. The minimum Gasteiger partial charge on any atom is -0.491 e. The molecule has 2 fully saturated rings. The third-order valence-electron chi connectivity index (χ3n) is 6.59. The number of rotatable bonds is 9. The Morgan fingerprint density at radius 2 is 1.83 bits per heavy atom. The fourth-order valence-corrected chi connectivity index (χ4v) is 7.28. The molecule has 2 N–H and O–H groups in total. The first-order valence-corrected chi connectivity index (χ1v) is 15.8. The standard InChI is InChI=1S/C24H31BrN2O7S2/c1-35(29,30)22-6-3-5-21(13-22)33-17-20(28)15-26-19-14-24(34-16-19)8-10-27(11-9-24)36(31,32)23-7-2-4-18(25)12-23/h2-7,12-13,19-20,26,28H,8-11,14-17H2,1H3. The summed E-state index contributed by atoms with van der Waals surface area (Å²) < 4.78 is 63.3. The second-order valence-electron chi connectivity index (χ2n) is 9.38. The summed E-state index contributed by atoms with van der Waals surface area (Å²) in [6, 6.07) is 12.9. The van der Waals surface area contributed by atoms with Crippen LogP contribution in [0.5, 0.6) is 5.75 Å². The van der Waals surface area contributed by atoms with Crippen molar-refractivity contribution in [2.75, 3.05) is 39.1 Å². The van der Waals surface area contributed by atoms with Gasteiger partial charge in [0.1, 0.15) is 18.5 Å². The molecule has 9 nitrogen and oxygen atoms in total. The van der Waals surface area contributed by atoms with Crippen molar-refractivity contribution in [3.05, 3.63) is 53.0 Å². The summed E-state index contributed by atoms with van der Waals surface area (Å²) in [4.78, 5) is 0.440. The minimum absolute atomic E-state index is 0.0152. The lowest BCUT2D eigenvalue weighted by molar-refractivity contribution is -0.0312. The maximum atomic E-state index is 13.0. The van der Waals surface area contributed by atoms with E-state index in [-0.39, 0.29) is 28.0 Å². The number of halogens is 1. The Labute approximate surface area is 220 Å². The van der Waals surface area contributed by atoms with Crippen LogP contribution in [-0.4, -0.2) is 83.1 Å². The zero-order chi connectivity index (χ0) is 26.0. The minimum atomic E-state index is -3.55. The van der Waals surface area contributed by atoms with E-state index < -0.39 is 26.0 Å². The number of hydrogen-bond donors (Lipinski definition) is 2. The predicted octanol–water partition coefficient (Wildman–Crippen LogP) is 2.19. The lowest BCUT2D eigenvalue weighted by Gasteiger charge is -2.38. The lowest BCUT2D eigenvalue weighted by atomic mass is 9.88. The zero-order valence-corrected chi connectivity index (χ0v) is 23.2. The van der Waals surface area contributed by atoms with Crippen LogP contribution >= 0.6 is 15.9 Å². The number of sulfone groups is 1. The molecule has 0 bridgehead atoms. The molecule has 4 rings (SSSR count). The van der Waals surface area contributed by atoms with E-state index in [1.165, 1.54) is 16.4 Å². The highest BCUT2D eigenvalue weighted by Crippen LogP contribution is 2.37. The average Bonchev–Trinajstić information content (AvgIpc) is 3.23. The topological polar surface area (TPSA) is 122 Å². The van der Waals surface area contributed by atoms with Crippen molar-refractivity contribution in [1.29, 1.82) is 0 Å². The smallest absolute Gasteiger partial charge is 0.243 e. The second-order valence-corrected chi connectivity index (χ2v) is 14.2. The number of nitrogens with zero attached hydrogens (tertiary/aromatic N) is 1. The quantitative estimate of drug-likeness (QED) is 0.448. The normalized spacial score (nSPS) is 21.5. The molecular weight excluding hydrogens is 572 g/mol. The van der Waals surface area contributed by atoms with Crippen molar-refractivity contribution < 1.29 is 31.4 Å². The highest BCUT2D eigenvalue weighted by atomic mass is 79.9. The Balaban J connectivity index is 1.23. The van der Waals surface area contributed by atoms with E-state index in [0.29, 0.717) is 44.8 Å². The molecule has 0 aromatic heterocycles. The molecule has 12 heteroatoms. The molecule has 2 saturated heterocycles. The van der Waals surface area contributed by atoms with Gasteiger partial charge in [-0.25, -0.2) is 16.8 Å². The Morgan fingerprint density at radius 3 is 2.53 bits per heavy atom. The summed E-state index contributed by atoms with van der Waals surface area (Å²) in [5.41, 5.74) is -0.367. The molecule has 2 aliphatic heterocycles. The first-order chi connectivity index (χ1) is 17.0. The average molecular weight is 604 g/mol. The molecule has 2 aromatic carbocycles. The van der Waals surface area contributed by atoms with Gasteiger partial charge in [0.2, 0.25) is 10.0 Å². The Morgan fingerprint density at radius 1 is 1.14 bits per heavy atom. The molecule has 2 heterocycles. The van der Waals surface area contributed by atoms with Crippen LogP contribution in [0.1, 0.15) is 19.3 Å². The Bertz CT molecular complexity index is 1280. The van der Waals surface area contributed by atoms with Gasteiger partial charge in [0.25, 0.3) is 0 Å². The van der Waals surface area contributed by atoms with E-state index in [0.717, 1.165) is 17.1 Å². The maximum Gasteiger partial charge on any atom is 0.243 e. The molecule has 2 atom stereocenters. The summed E-state index contributed by atoms with van der Waals surface area (Å²) in [5.74, 6) is 0.379. The zero-order valence-electron chi connectivity index (χ0n) is 20.0. The van der Waals surface area contributed by atoms with Gasteiger partial charge in [-0.1, -0.05) is 28.1 Å². The molecule has 2 unspecified atom stereocenters. The van der Waals surface area contributed by atoms with Crippen molar-refractivity contribution >= 4 is 35.8 Å². The summed E-state index contributed by atoms with van der Waals surface area (Å²) in [7, 11) is -6.89. The van der Waals surface area contributed by atoms with Crippen LogP contribution in [-0.2, 0) is 24.6 Å². The van der Waals surface area contributed by atoms with E-state index in [1.807, 2.05) is 0 Å². The van der Waals surface area contributed by atoms with Gasteiger partial charge < -0.3 is 19.9 Å². The van der Waals surface area contributed by atoms with Gasteiger partial charge >= 0.3 is 0 Å². The number of aliphatic hydroxyl groups excluding tert-OH is 1. The number of ether oxygens (including phenoxy) is 2. The Hall–Kier alpha value is -1.54. The lowest BCUT2D eigenvalue weighted by Crippen LogP contribution is -2.47. The molecule has 0 saturated carbocycles. The van der Waals surface area contributed by atoms with Crippen molar-refractivity contribution in [3.63, 3.8) is 0 Å². The van der Waals surface area contributed by atoms with Crippen LogP contribution in [0.2, 0.25) is 0 Å². The summed E-state index contributed by atoms with van der Waals surface area (Å²) in [6.45, 7) is 1.58. The third-order valence-corrected chi connectivity index (χ3v) is 10.1. The molecule has 0 aliphatic carbocycles. The SMILES string of the molecule is CS(=O)(=O)c1cccc(OCC(O)CNC2COC3(CCN(S(=O)(=O)c4cccc(Br)c4)CC3)C2)c1. The van der Waals surface area contributed by atoms with E-state index in [9.17, 15) is 21.9 Å². The molecule has 0 radical (unpaired) electrons. The van der Waals surface area contributed by atoms with Crippen LogP contribution in [0.15, 0.2) is 62.8 Å². The first-order valence-electron chi connectivity index (χ1n) is 11.7. The van der Waals surface area contributed by atoms with Gasteiger partial charge in [-0.2, -0.15) is 4.31 Å². The number of nitrogens with one attached hydrogen (secondary N) is 1.